The SMILES string of the molecule is CC(CNC(=O)c1ccc(Cl)c(I)c1)N(C)C1CC1. The highest BCUT2D eigenvalue weighted by atomic mass is 127. The number of likely N-dealkylation sites (N-methyl/N-ethyl adjacent to an activating group) is 1. The number of hydrogen-bond acceptors (Lipinski definition) is 2. The van der Waals surface area contributed by atoms with E-state index in [1.54, 1.807) is 12.1 Å². The molecule has 19 heavy (non-hydrogen) atoms. The van der Waals surface area contributed by atoms with Gasteiger partial charge in [0.25, 0.3) is 5.91 Å². The van der Waals surface area contributed by atoms with Crippen molar-refractivity contribution in [1.29, 1.82) is 0 Å². The summed E-state index contributed by atoms with van der Waals surface area (Å²) in [5.41, 5.74) is 0.662. The van der Waals surface area contributed by atoms with Crippen LogP contribution in [0.25, 0.3) is 0 Å². The summed E-state index contributed by atoms with van der Waals surface area (Å²) < 4.78 is 0.898. The molecule has 1 amide bonds. The number of nitrogens with one attached hydrogen (secondary N) is 1. The fourth-order valence-electron chi connectivity index (χ4n) is 1.97. The second kappa shape index (κ2) is 6.41. The van der Waals surface area contributed by atoms with Gasteiger partial charge in [0.15, 0.2) is 0 Å². The van der Waals surface area contributed by atoms with E-state index in [1.807, 2.05) is 6.07 Å². The Morgan fingerprint density at radius 3 is 2.84 bits per heavy atom. The highest BCUT2D eigenvalue weighted by Gasteiger charge is 2.29. The Hall–Kier alpha value is -0.330. The molecule has 1 aromatic carbocycles. The third-order valence-corrected chi connectivity index (χ3v) is 5.10. The molecule has 1 aliphatic rings. The van der Waals surface area contributed by atoms with Crippen LogP contribution >= 0.6 is 34.2 Å². The normalized spacial score (nSPS) is 16.5. The molecular formula is C14H18ClIN2O. The van der Waals surface area contributed by atoms with E-state index >= 15 is 0 Å². The summed E-state index contributed by atoms with van der Waals surface area (Å²) in [5.74, 6) is -0.0365. The van der Waals surface area contributed by atoms with E-state index in [1.165, 1.54) is 12.8 Å². The van der Waals surface area contributed by atoms with E-state index in [0.717, 1.165) is 3.57 Å². The molecule has 0 radical (unpaired) electrons. The summed E-state index contributed by atoms with van der Waals surface area (Å²) in [7, 11) is 2.12. The lowest BCUT2D eigenvalue weighted by Crippen LogP contribution is -2.41. The maximum Gasteiger partial charge on any atom is 0.251 e. The lowest BCUT2D eigenvalue weighted by Gasteiger charge is -2.24. The van der Waals surface area contributed by atoms with Crippen LogP contribution in [0, 0.1) is 3.57 Å². The largest absolute Gasteiger partial charge is 0.350 e. The molecule has 0 spiro atoms. The average Bonchev–Trinajstić information content (AvgIpc) is 3.22. The summed E-state index contributed by atoms with van der Waals surface area (Å²) in [6.07, 6.45) is 2.56. The Labute approximate surface area is 132 Å². The van der Waals surface area contributed by atoms with Gasteiger partial charge < -0.3 is 5.32 Å². The molecule has 1 aliphatic carbocycles. The highest BCUT2D eigenvalue weighted by molar-refractivity contribution is 14.1. The number of carbonyl (C=O) groups is 1. The molecule has 0 bridgehead atoms. The van der Waals surface area contributed by atoms with Gasteiger partial charge in [-0.1, -0.05) is 11.6 Å². The van der Waals surface area contributed by atoms with E-state index in [-0.39, 0.29) is 5.91 Å². The lowest BCUT2D eigenvalue weighted by molar-refractivity contribution is 0.0939. The molecule has 0 aliphatic heterocycles. The third kappa shape index (κ3) is 4.07. The zero-order valence-electron chi connectivity index (χ0n) is 11.1. The molecule has 1 saturated carbocycles. The number of carbonyl (C=O) groups excluding carboxylic acids is 1. The first kappa shape index (κ1) is 15.1. The monoisotopic (exact) mass is 392 g/mol. The van der Waals surface area contributed by atoms with E-state index in [4.69, 9.17) is 11.6 Å². The van der Waals surface area contributed by atoms with Crippen LogP contribution < -0.4 is 5.32 Å². The van der Waals surface area contributed by atoms with E-state index in [9.17, 15) is 4.79 Å². The van der Waals surface area contributed by atoms with Crippen LogP contribution in [0.15, 0.2) is 18.2 Å². The Morgan fingerprint density at radius 2 is 2.26 bits per heavy atom. The van der Waals surface area contributed by atoms with Crippen LogP contribution in [-0.2, 0) is 0 Å². The minimum absolute atomic E-state index is 0.0365. The predicted molar refractivity (Wildman–Crippen MR) is 86.7 cm³/mol. The predicted octanol–water partition coefficient (Wildman–Crippen LogP) is 3.16. The average molecular weight is 393 g/mol. The number of nitrogens with zero attached hydrogens (tertiary/aromatic N) is 1. The second-order valence-electron chi connectivity index (χ2n) is 5.08. The Balaban J connectivity index is 1.88. The van der Waals surface area contributed by atoms with Crippen LogP contribution in [0.4, 0.5) is 0 Å². The number of rotatable bonds is 5. The maximum atomic E-state index is 12.0. The number of amides is 1. The van der Waals surface area contributed by atoms with E-state index in [0.29, 0.717) is 29.2 Å². The van der Waals surface area contributed by atoms with E-state index in [2.05, 4.69) is 46.8 Å². The van der Waals surface area contributed by atoms with Crippen molar-refractivity contribution in [3.8, 4) is 0 Å². The summed E-state index contributed by atoms with van der Waals surface area (Å²) >= 11 is 8.08. The second-order valence-corrected chi connectivity index (χ2v) is 6.65. The molecule has 104 valence electrons. The lowest BCUT2D eigenvalue weighted by atomic mass is 10.2. The van der Waals surface area contributed by atoms with Gasteiger partial charge in [0, 0.05) is 27.8 Å². The van der Waals surface area contributed by atoms with Crippen molar-refractivity contribution in [1.82, 2.24) is 10.2 Å². The Morgan fingerprint density at radius 1 is 1.58 bits per heavy atom. The summed E-state index contributed by atoms with van der Waals surface area (Å²) in [6.45, 7) is 2.81. The number of benzene rings is 1. The zero-order chi connectivity index (χ0) is 14.0. The van der Waals surface area contributed by atoms with Crippen LogP contribution in [0.2, 0.25) is 5.02 Å². The van der Waals surface area contributed by atoms with Crippen molar-refractivity contribution in [3.63, 3.8) is 0 Å². The first-order valence-corrected chi connectivity index (χ1v) is 7.90. The highest BCUT2D eigenvalue weighted by Crippen LogP contribution is 2.26. The molecule has 0 heterocycles. The molecule has 2 rings (SSSR count). The van der Waals surface area contributed by atoms with Crippen molar-refractivity contribution in [2.75, 3.05) is 13.6 Å². The Bertz CT molecular complexity index is 477. The quantitative estimate of drug-likeness (QED) is 0.781. The van der Waals surface area contributed by atoms with Gasteiger partial charge in [-0.2, -0.15) is 0 Å². The van der Waals surface area contributed by atoms with Gasteiger partial charge in [0.05, 0.1) is 5.02 Å². The van der Waals surface area contributed by atoms with Gasteiger partial charge in [-0.15, -0.1) is 0 Å². The Kier molecular flexibility index (Phi) is 5.09. The molecule has 0 saturated heterocycles. The smallest absolute Gasteiger partial charge is 0.251 e. The molecule has 1 atom stereocenters. The molecule has 1 unspecified atom stereocenters. The summed E-state index contributed by atoms with van der Waals surface area (Å²) in [5, 5.41) is 3.66. The van der Waals surface area contributed by atoms with Crippen molar-refractivity contribution in [3.05, 3.63) is 32.4 Å². The van der Waals surface area contributed by atoms with E-state index < -0.39 is 0 Å². The van der Waals surface area contributed by atoms with Gasteiger partial charge in [-0.3, -0.25) is 9.69 Å². The fraction of sp³-hybridized carbons (Fsp3) is 0.500. The molecular weight excluding hydrogens is 375 g/mol. The molecule has 1 aromatic rings. The van der Waals surface area contributed by atoms with Gasteiger partial charge in [-0.25, -0.2) is 0 Å². The number of halogens is 2. The van der Waals surface area contributed by atoms with Crippen molar-refractivity contribution >= 4 is 40.1 Å². The van der Waals surface area contributed by atoms with Gasteiger partial charge in [0.2, 0.25) is 0 Å². The summed E-state index contributed by atoms with van der Waals surface area (Å²) in [4.78, 5) is 14.4. The topological polar surface area (TPSA) is 32.3 Å². The van der Waals surface area contributed by atoms with Crippen molar-refractivity contribution in [2.24, 2.45) is 0 Å². The fourth-order valence-corrected chi connectivity index (χ4v) is 2.60. The van der Waals surface area contributed by atoms with Crippen LogP contribution in [0.5, 0.6) is 0 Å². The standard InChI is InChI=1S/C14H18ClIN2O/c1-9(18(2)11-4-5-11)8-17-14(19)10-3-6-12(15)13(16)7-10/h3,6-7,9,11H,4-5,8H2,1-2H3,(H,17,19). The molecule has 5 heteroatoms. The molecule has 1 N–H and O–H groups in total. The molecule has 0 aromatic heterocycles. The van der Waals surface area contributed by atoms with Crippen molar-refractivity contribution < 1.29 is 4.79 Å². The van der Waals surface area contributed by atoms with Crippen LogP contribution in [0.1, 0.15) is 30.1 Å². The van der Waals surface area contributed by atoms with Crippen molar-refractivity contribution in [2.45, 2.75) is 31.8 Å². The van der Waals surface area contributed by atoms with Gasteiger partial charge >= 0.3 is 0 Å². The maximum absolute atomic E-state index is 12.0. The van der Waals surface area contributed by atoms with Crippen LogP contribution in [-0.4, -0.2) is 36.5 Å². The van der Waals surface area contributed by atoms with Gasteiger partial charge in [-0.05, 0) is 67.6 Å². The minimum atomic E-state index is -0.0365. The first-order valence-electron chi connectivity index (χ1n) is 6.44. The van der Waals surface area contributed by atoms with Crippen LogP contribution in [0.3, 0.4) is 0 Å². The molecule has 3 nitrogen and oxygen atoms in total. The number of hydrogen-bond donors (Lipinski definition) is 1. The summed E-state index contributed by atoms with van der Waals surface area (Å²) in [6, 6.07) is 6.41. The zero-order valence-corrected chi connectivity index (χ0v) is 14.0. The molecule has 1 fully saturated rings. The van der Waals surface area contributed by atoms with Gasteiger partial charge in [0.1, 0.15) is 0 Å². The minimum Gasteiger partial charge on any atom is -0.350 e. The third-order valence-electron chi connectivity index (χ3n) is 3.56. The first-order chi connectivity index (χ1) is 8.99.